The Hall–Kier alpha value is -1.27. The van der Waals surface area contributed by atoms with Crippen LogP contribution in [0, 0.1) is 0 Å². The number of hydrogen-bond donors (Lipinski definition) is 2. The third kappa shape index (κ3) is 5.11. The second-order valence-electron chi connectivity index (χ2n) is 6.82. The maximum Gasteiger partial charge on any atom is 0.416 e. The molecule has 0 bridgehead atoms. The first kappa shape index (κ1) is 20.0. The van der Waals surface area contributed by atoms with Crippen molar-refractivity contribution in [1.29, 1.82) is 0 Å². The molecular formula is C18H24ClF3N2O. The average Bonchev–Trinajstić information content (AvgIpc) is 3.07. The number of nitrogens with one attached hydrogen (secondary N) is 2. The number of benzene rings is 1. The van der Waals surface area contributed by atoms with Gasteiger partial charge in [-0.2, -0.15) is 13.2 Å². The van der Waals surface area contributed by atoms with Crippen LogP contribution < -0.4 is 10.6 Å². The molecule has 0 radical (unpaired) electrons. The van der Waals surface area contributed by atoms with Crippen LogP contribution >= 0.6 is 12.4 Å². The number of amides is 1. The lowest BCUT2D eigenvalue weighted by Gasteiger charge is -2.24. The molecule has 0 spiro atoms. The monoisotopic (exact) mass is 376 g/mol. The van der Waals surface area contributed by atoms with Crippen molar-refractivity contribution < 1.29 is 18.0 Å². The number of alkyl halides is 3. The third-order valence-electron chi connectivity index (χ3n) is 5.05. The van der Waals surface area contributed by atoms with E-state index in [4.69, 9.17) is 0 Å². The summed E-state index contributed by atoms with van der Waals surface area (Å²) in [4.78, 5) is 12.4. The van der Waals surface area contributed by atoms with Crippen molar-refractivity contribution in [2.24, 2.45) is 0 Å². The van der Waals surface area contributed by atoms with Crippen LogP contribution in [0.2, 0.25) is 0 Å². The molecule has 1 amide bonds. The van der Waals surface area contributed by atoms with E-state index in [0.717, 1.165) is 57.7 Å². The number of carbonyl (C=O) groups is 1. The Bertz CT molecular complexity index is 594. The van der Waals surface area contributed by atoms with Crippen molar-refractivity contribution in [1.82, 2.24) is 10.6 Å². The maximum atomic E-state index is 13.2. The van der Waals surface area contributed by atoms with Gasteiger partial charge in [-0.05, 0) is 68.5 Å². The zero-order valence-corrected chi connectivity index (χ0v) is 14.8. The first-order chi connectivity index (χ1) is 11.4. The first-order valence-corrected chi connectivity index (χ1v) is 8.67. The highest BCUT2D eigenvalue weighted by Gasteiger charge is 2.33. The first-order valence-electron chi connectivity index (χ1n) is 8.67. The minimum Gasteiger partial charge on any atom is -0.349 e. The molecular weight excluding hydrogens is 353 g/mol. The van der Waals surface area contributed by atoms with Crippen LogP contribution in [0.4, 0.5) is 13.2 Å². The molecule has 2 N–H and O–H groups in total. The minimum atomic E-state index is -4.44. The molecule has 0 unspecified atom stereocenters. The number of carbonyl (C=O) groups excluding carboxylic acids is 1. The smallest absolute Gasteiger partial charge is 0.349 e. The van der Waals surface area contributed by atoms with E-state index < -0.39 is 11.7 Å². The summed E-state index contributed by atoms with van der Waals surface area (Å²) in [6.07, 6.45) is 1.10. The van der Waals surface area contributed by atoms with Crippen LogP contribution in [-0.2, 0) is 6.18 Å². The Labute approximate surface area is 152 Å². The van der Waals surface area contributed by atoms with E-state index in [-0.39, 0.29) is 35.8 Å². The molecule has 0 atom stereocenters. The van der Waals surface area contributed by atoms with E-state index in [1.165, 1.54) is 6.07 Å². The summed E-state index contributed by atoms with van der Waals surface area (Å²) in [5, 5.41) is 6.10. The summed E-state index contributed by atoms with van der Waals surface area (Å²) >= 11 is 0. The normalized spacial score (nSPS) is 19.5. The molecule has 2 aliphatic rings. The van der Waals surface area contributed by atoms with Crippen LogP contribution in [-0.4, -0.2) is 25.0 Å². The number of rotatable bonds is 3. The predicted molar refractivity (Wildman–Crippen MR) is 93.3 cm³/mol. The van der Waals surface area contributed by atoms with Crippen molar-refractivity contribution in [3.05, 3.63) is 34.9 Å². The molecule has 25 heavy (non-hydrogen) atoms. The standard InChI is InChI=1S/C18H23F3N2O.ClH/c19-18(20,21)15-10-13(12-5-7-22-8-6-12)9-14(11-15)17(24)23-16-3-1-2-4-16;/h9-12,16,22H,1-8H2,(H,23,24);1H. The fraction of sp³-hybridized carbons (Fsp3) is 0.611. The van der Waals surface area contributed by atoms with Gasteiger partial charge in [0.15, 0.2) is 0 Å². The zero-order valence-electron chi connectivity index (χ0n) is 14.0. The van der Waals surface area contributed by atoms with E-state index in [9.17, 15) is 18.0 Å². The summed E-state index contributed by atoms with van der Waals surface area (Å²) in [5.41, 5.74) is 0.0308. The van der Waals surface area contributed by atoms with E-state index in [2.05, 4.69) is 10.6 Å². The van der Waals surface area contributed by atoms with Crippen molar-refractivity contribution >= 4 is 18.3 Å². The highest BCUT2D eigenvalue weighted by Crippen LogP contribution is 2.34. The molecule has 1 saturated heterocycles. The van der Waals surface area contributed by atoms with E-state index in [1.807, 2.05) is 0 Å². The van der Waals surface area contributed by atoms with Crippen LogP contribution in [0.5, 0.6) is 0 Å². The van der Waals surface area contributed by atoms with Gasteiger partial charge in [0.05, 0.1) is 5.56 Å². The maximum absolute atomic E-state index is 13.2. The van der Waals surface area contributed by atoms with Crippen LogP contribution in [0.3, 0.4) is 0 Å². The van der Waals surface area contributed by atoms with E-state index in [0.29, 0.717) is 5.56 Å². The molecule has 1 heterocycles. The summed E-state index contributed by atoms with van der Waals surface area (Å²) < 4.78 is 39.7. The lowest BCUT2D eigenvalue weighted by molar-refractivity contribution is -0.137. The van der Waals surface area contributed by atoms with Crippen molar-refractivity contribution in [3.8, 4) is 0 Å². The Morgan fingerprint density at radius 1 is 1.04 bits per heavy atom. The zero-order chi connectivity index (χ0) is 17.2. The highest BCUT2D eigenvalue weighted by atomic mass is 35.5. The Morgan fingerprint density at radius 3 is 2.28 bits per heavy atom. The number of halogens is 4. The second kappa shape index (κ2) is 8.41. The van der Waals surface area contributed by atoms with Gasteiger partial charge < -0.3 is 10.6 Å². The Kier molecular flexibility index (Phi) is 6.74. The molecule has 7 heteroatoms. The van der Waals surface area contributed by atoms with Gasteiger partial charge in [0.2, 0.25) is 0 Å². The summed E-state index contributed by atoms with van der Waals surface area (Å²) in [6, 6.07) is 3.93. The molecule has 1 saturated carbocycles. The van der Waals surface area contributed by atoms with Gasteiger partial charge >= 0.3 is 6.18 Å². The van der Waals surface area contributed by atoms with Crippen LogP contribution in [0.1, 0.15) is 65.9 Å². The van der Waals surface area contributed by atoms with Gasteiger partial charge in [-0.3, -0.25) is 4.79 Å². The molecule has 1 aromatic carbocycles. The molecule has 1 aliphatic heterocycles. The summed E-state index contributed by atoms with van der Waals surface area (Å²) in [7, 11) is 0. The van der Waals surface area contributed by atoms with Gasteiger partial charge in [0, 0.05) is 11.6 Å². The van der Waals surface area contributed by atoms with Crippen molar-refractivity contribution in [2.75, 3.05) is 13.1 Å². The molecule has 0 aromatic heterocycles. The topological polar surface area (TPSA) is 41.1 Å². The molecule has 140 valence electrons. The van der Waals surface area contributed by atoms with Gasteiger partial charge in [-0.1, -0.05) is 12.8 Å². The fourth-order valence-corrected chi connectivity index (χ4v) is 3.68. The van der Waals surface area contributed by atoms with Gasteiger partial charge in [-0.15, -0.1) is 12.4 Å². The lowest BCUT2D eigenvalue weighted by Crippen LogP contribution is -2.33. The number of hydrogen-bond acceptors (Lipinski definition) is 2. The van der Waals surface area contributed by atoms with E-state index in [1.54, 1.807) is 6.07 Å². The Morgan fingerprint density at radius 2 is 1.68 bits per heavy atom. The van der Waals surface area contributed by atoms with Gasteiger partial charge in [0.25, 0.3) is 5.91 Å². The van der Waals surface area contributed by atoms with Gasteiger partial charge in [0.1, 0.15) is 0 Å². The number of piperidine rings is 1. The van der Waals surface area contributed by atoms with Crippen LogP contribution in [0.15, 0.2) is 18.2 Å². The molecule has 1 aliphatic carbocycles. The second-order valence-corrected chi connectivity index (χ2v) is 6.82. The Balaban J connectivity index is 0.00000225. The van der Waals surface area contributed by atoms with Gasteiger partial charge in [-0.25, -0.2) is 0 Å². The summed E-state index contributed by atoms with van der Waals surface area (Å²) in [6.45, 7) is 1.59. The minimum absolute atomic E-state index is 0. The average molecular weight is 377 g/mol. The lowest BCUT2D eigenvalue weighted by atomic mass is 9.88. The molecule has 1 aromatic rings. The molecule has 2 fully saturated rings. The SMILES string of the molecule is Cl.O=C(NC1CCCC1)c1cc(C2CCNCC2)cc(C(F)(F)F)c1. The van der Waals surface area contributed by atoms with E-state index >= 15 is 0 Å². The predicted octanol–water partition coefficient (Wildman–Crippen LogP) is 4.27. The molecule has 3 rings (SSSR count). The largest absolute Gasteiger partial charge is 0.416 e. The van der Waals surface area contributed by atoms with Crippen molar-refractivity contribution in [2.45, 2.75) is 56.7 Å². The molecule has 3 nitrogen and oxygen atoms in total. The summed E-state index contributed by atoms with van der Waals surface area (Å²) in [5.74, 6) is -0.310. The third-order valence-corrected chi connectivity index (χ3v) is 5.05. The van der Waals surface area contributed by atoms with Crippen molar-refractivity contribution in [3.63, 3.8) is 0 Å². The van der Waals surface area contributed by atoms with Crippen LogP contribution in [0.25, 0.3) is 0 Å². The highest BCUT2D eigenvalue weighted by molar-refractivity contribution is 5.94. The fourth-order valence-electron chi connectivity index (χ4n) is 3.68. The quantitative estimate of drug-likeness (QED) is 0.827.